The van der Waals surface area contributed by atoms with E-state index in [4.69, 9.17) is 27.9 Å². The third-order valence-electron chi connectivity index (χ3n) is 7.14. The van der Waals surface area contributed by atoms with Gasteiger partial charge in [-0.1, -0.05) is 65.7 Å². The molecule has 2 heterocycles. The first kappa shape index (κ1) is 28.0. The average Bonchev–Trinajstić information content (AvgIpc) is 3.44. The van der Waals surface area contributed by atoms with E-state index >= 15 is 0 Å². The zero-order chi connectivity index (χ0) is 27.4. The van der Waals surface area contributed by atoms with E-state index in [0.717, 1.165) is 36.1 Å². The molecule has 204 valence electrons. The van der Waals surface area contributed by atoms with Crippen LogP contribution in [0, 0.1) is 0 Å². The highest BCUT2D eigenvalue weighted by Crippen LogP contribution is 2.36. The van der Waals surface area contributed by atoms with Crippen LogP contribution in [0.2, 0.25) is 10.0 Å². The van der Waals surface area contributed by atoms with Crippen molar-refractivity contribution in [1.82, 2.24) is 10.2 Å². The molecule has 2 N–H and O–H groups in total. The number of halogens is 2. The number of nitrogens with zero attached hydrogens (tertiary/aromatic N) is 1. The number of hydrogen-bond acceptors (Lipinski definition) is 4. The molecule has 2 fully saturated rings. The molecule has 2 saturated heterocycles. The van der Waals surface area contributed by atoms with Gasteiger partial charge in [0, 0.05) is 41.8 Å². The van der Waals surface area contributed by atoms with E-state index in [1.807, 2.05) is 54.6 Å². The van der Waals surface area contributed by atoms with Gasteiger partial charge in [0.05, 0.1) is 12.1 Å². The van der Waals surface area contributed by atoms with E-state index < -0.39 is 16.3 Å². The maximum Gasteiger partial charge on any atom is 0.251 e. The van der Waals surface area contributed by atoms with Gasteiger partial charge in [-0.05, 0) is 71.5 Å². The molecule has 0 aliphatic carbocycles. The van der Waals surface area contributed by atoms with Gasteiger partial charge >= 0.3 is 0 Å². The van der Waals surface area contributed by atoms with Crippen LogP contribution < -0.4 is 5.32 Å². The van der Waals surface area contributed by atoms with Crippen molar-refractivity contribution in [3.05, 3.63) is 117 Å². The molecule has 3 atom stereocenters. The minimum absolute atomic E-state index is 0.00868. The summed E-state index contributed by atoms with van der Waals surface area (Å²) in [6.07, 6.45) is 3.85. The molecule has 1 amide bonds. The molecule has 5 rings (SSSR count). The summed E-state index contributed by atoms with van der Waals surface area (Å²) in [5.74, 6) is -0.217. The van der Waals surface area contributed by atoms with Crippen molar-refractivity contribution in [1.29, 1.82) is 0 Å². The summed E-state index contributed by atoms with van der Waals surface area (Å²) in [5.41, 5.74) is 4.34. The molecule has 0 aromatic heterocycles. The minimum atomic E-state index is -2.14. The number of rotatable bonds is 9. The number of carbonyl (C=O) groups is 1. The Balaban J connectivity index is 1.31. The molecule has 9 heteroatoms. The molecular weight excluding hydrogens is 555 g/mol. The predicted octanol–water partition coefficient (Wildman–Crippen LogP) is 6.20. The quantitative estimate of drug-likeness (QED) is 0.231. The fraction of sp³-hybridized carbons (Fsp3) is 0.300. The lowest BCUT2D eigenvalue weighted by Gasteiger charge is -2.41. The zero-order valence-corrected chi connectivity index (χ0v) is 23.6. The van der Waals surface area contributed by atoms with Crippen LogP contribution in [0.15, 0.2) is 84.4 Å². The molecule has 2 aliphatic heterocycles. The first-order chi connectivity index (χ1) is 18.9. The predicted molar refractivity (Wildman–Crippen MR) is 156 cm³/mol. The topological polar surface area (TPSA) is 78.9 Å². The first-order valence-corrected chi connectivity index (χ1v) is 14.8. The van der Waals surface area contributed by atoms with Crippen LogP contribution in [0.4, 0.5) is 0 Å². The minimum Gasteiger partial charge on any atom is -0.376 e. The summed E-state index contributed by atoms with van der Waals surface area (Å²) < 4.78 is 28.1. The Morgan fingerprint density at radius 1 is 1.03 bits per heavy atom. The van der Waals surface area contributed by atoms with Crippen LogP contribution in [-0.2, 0) is 15.8 Å². The van der Waals surface area contributed by atoms with E-state index in [-0.39, 0.29) is 18.1 Å². The lowest BCUT2D eigenvalue weighted by atomic mass is 9.92. The summed E-state index contributed by atoms with van der Waals surface area (Å²) >= 11 is 10.1. The molecular formula is C30H30Cl2N2O4S. The third-order valence-corrected chi connectivity index (χ3v) is 8.49. The molecule has 6 nitrogen and oxygen atoms in total. The highest BCUT2D eigenvalue weighted by atomic mass is 35.5. The van der Waals surface area contributed by atoms with Crippen molar-refractivity contribution in [3.63, 3.8) is 0 Å². The normalized spacial score (nSPS) is 19.0. The van der Waals surface area contributed by atoms with Crippen LogP contribution in [0.5, 0.6) is 0 Å². The maximum atomic E-state index is 12.7. The van der Waals surface area contributed by atoms with Gasteiger partial charge in [0.15, 0.2) is 11.1 Å². The first-order valence-electron chi connectivity index (χ1n) is 12.9. The van der Waals surface area contributed by atoms with Crippen molar-refractivity contribution in [2.75, 3.05) is 26.2 Å². The fourth-order valence-electron chi connectivity index (χ4n) is 5.12. The molecule has 3 unspecified atom stereocenters. The highest BCUT2D eigenvalue weighted by molar-refractivity contribution is 7.79. The van der Waals surface area contributed by atoms with Gasteiger partial charge in [-0.3, -0.25) is 9.69 Å². The van der Waals surface area contributed by atoms with Crippen LogP contribution in [0.3, 0.4) is 0 Å². The van der Waals surface area contributed by atoms with Crippen molar-refractivity contribution in [3.8, 4) is 0 Å². The highest BCUT2D eigenvalue weighted by Gasteiger charge is 2.31. The van der Waals surface area contributed by atoms with E-state index in [9.17, 15) is 13.6 Å². The third kappa shape index (κ3) is 6.98. The number of nitrogens with one attached hydrogen (secondary N) is 1. The fourth-order valence-corrected chi connectivity index (χ4v) is 6.06. The molecule has 0 saturated carbocycles. The van der Waals surface area contributed by atoms with Crippen molar-refractivity contribution >= 4 is 40.2 Å². The summed E-state index contributed by atoms with van der Waals surface area (Å²) in [6, 6.07) is 22.5. The Morgan fingerprint density at radius 3 is 2.23 bits per heavy atom. The summed E-state index contributed by atoms with van der Waals surface area (Å²) in [7, 11) is 0. The van der Waals surface area contributed by atoms with Gasteiger partial charge in [0.25, 0.3) is 5.91 Å². The Labute approximate surface area is 241 Å². The Morgan fingerprint density at radius 2 is 1.67 bits per heavy atom. The van der Waals surface area contributed by atoms with E-state index in [1.54, 1.807) is 24.3 Å². The molecule has 0 bridgehead atoms. The van der Waals surface area contributed by atoms with Crippen LogP contribution in [0.1, 0.15) is 51.2 Å². The van der Waals surface area contributed by atoms with Gasteiger partial charge in [0.2, 0.25) is 0 Å². The van der Waals surface area contributed by atoms with Crippen LogP contribution in [-0.4, -0.2) is 51.9 Å². The summed E-state index contributed by atoms with van der Waals surface area (Å²) in [6.45, 7) is 2.48. The number of hydrogen-bond donors (Lipinski definition) is 2. The van der Waals surface area contributed by atoms with E-state index in [2.05, 4.69) is 10.2 Å². The average molecular weight is 586 g/mol. The lowest BCUT2D eigenvalue weighted by Crippen LogP contribution is -2.43. The second-order valence-corrected chi connectivity index (χ2v) is 11.8. The van der Waals surface area contributed by atoms with Crippen molar-refractivity contribution < 1.29 is 18.3 Å². The van der Waals surface area contributed by atoms with Gasteiger partial charge in [-0.2, -0.15) is 0 Å². The molecule has 39 heavy (non-hydrogen) atoms. The monoisotopic (exact) mass is 584 g/mol. The van der Waals surface area contributed by atoms with E-state index in [1.165, 1.54) is 0 Å². The molecule has 0 radical (unpaired) electrons. The number of carbonyl (C=O) groups excluding carboxylic acids is 1. The summed E-state index contributed by atoms with van der Waals surface area (Å²) in [5, 5.41) is 3.53. The zero-order valence-electron chi connectivity index (χ0n) is 21.3. The Kier molecular flexibility index (Phi) is 9.17. The Hall–Kier alpha value is -2.52. The van der Waals surface area contributed by atoms with Gasteiger partial charge in [0.1, 0.15) is 5.25 Å². The molecule has 3 aromatic rings. The largest absolute Gasteiger partial charge is 0.376 e. The standard InChI is InChI=1S/C30H30Cl2N2O4S/c31-25-10-6-21(7-11-25)29(22-8-12-26(32)13-9-22)34-18-20(19-34)15-28(39(36)37)23-3-1-4-24(16-23)30(35)33-17-27-5-2-14-38-27/h1,3-4,6-13,15-16,27-29H,2,5,14,17-19H2,(H,33,35)(H,36,37). The van der Waals surface area contributed by atoms with Crippen LogP contribution in [0.25, 0.3) is 0 Å². The second-order valence-electron chi connectivity index (χ2n) is 9.90. The number of ether oxygens (including phenoxy) is 1. The smallest absolute Gasteiger partial charge is 0.251 e. The van der Waals surface area contributed by atoms with Gasteiger partial charge in [-0.15, -0.1) is 0 Å². The number of likely N-dealkylation sites (tertiary alicyclic amines) is 1. The van der Waals surface area contributed by atoms with Gasteiger partial charge in [-0.25, -0.2) is 4.21 Å². The lowest BCUT2D eigenvalue weighted by molar-refractivity contribution is 0.0857. The molecule has 2 aliphatic rings. The molecule has 0 spiro atoms. The SMILES string of the molecule is O=C(NCC1CCCO1)c1cccc(C(C=C2CN(C(c3ccc(Cl)cc3)c3ccc(Cl)cc3)C2)S(=O)O)c1. The van der Waals surface area contributed by atoms with Gasteiger partial charge < -0.3 is 14.6 Å². The van der Waals surface area contributed by atoms with Crippen molar-refractivity contribution in [2.45, 2.75) is 30.2 Å². The summed E-state index contributed by atoms with van der Waals surface area (Å²) in [4.78, 5) is 15.0. The van der Waals surface area contributed by atoms with E-state index in [0.29, 0.717) is 40.8 Å². The number of benzene rings is 3. The maximum absolute atomic E-state index is 12.7. The van der Waals surface area contributed by atoms with Crippen LogP contribution >= 0.6 is 23.2 Å². The Bertz CT molecular complexity index is 1300. The molecule has 3 aromatic carbocycles. The van der Waals surface area contributed by atoms with Crippen molar-refractivity contribution in [2.24, 2.45) is 0 Å². The second kappa shape index (κ2) is 12.8. The number of amides is 1.